The highest BCUT2D eigenvalue weighted by atomic mass is 16.5. The minimum Gasteiger partial charge on any atom is -0.490 e. The molecule has 0 fully saturated rings. The summed E-state index contributed by atoms with van der Waals surface area (Å²) in [5.74, 6) is 1.25. The molecule has 0 saturated heterocycles. The van der Waals surface area contributed by atoms with Gasteiger partial charge in [-0.1, -0.05) is 20.3 Å². The van der Waals surface area contributed by atoms with E-state index in [1.807, 2.05) is 27.7 Å². The molecular weight excluding hydrogens is 384 g/mol. The number of anilines is 1. The topological polar surface area (TPSA) is 88.1 Å². The van der Waals surface area contributed by atoms with Gasteiger partial charge in [0, 0.05) is 31.0 Å². The Kier molecular flexibility index (Phi) is 9.59. The summed E-state index contributed by atoms with van der Waals surface area (Å²) in [6.45, 7) is 9.32. The number of unbranched alkanes of at least 4 members (excludes halogenated alkanes) is 1. The number of aliphatic hydroxyl groups is 1. The molecule has 0 aromatic heterocycles. The van der Waals surface area contributed by atoms with E-state index < -0.39 is 6.10 Å². The molecule has 2 N–H and O–H groups in total. The number of benzene rings is 1. The zero-order chi connectivity index (χ0) is 22.1. The Balaban J connectivity index is 2.26. The van der Waals surface area contributed by atoms with Crippen LogP contribution in [0.3, 0.4) is 0 Å². The normalized spacial score (nSPS) is 14.6. The van der Waals surface area contributed by atoms with Crippen LogP contribution in [0.25, 0.3) is 0 Å². The Labute approximate surface area is 179 Å². The van der Waals surface area contributed by atoms with Crippen molar-refractivity contribution in [2.24, 2.45) is 0 Å². The highest BCUT2D eigenvalue weighted by Crippen LogP contribution is 2.43. The maximum Gasteiger partial charge on any atom is 0.227 e. The molecule has 1 aliphatic heterocycles. The molecule has 1 aromatic carbocycles. The van der Waals surface area contributed by atoms with Crippen LogP contribution in [0.4, 0.5) is 5.69 Å². The van der Waals surface area contributed by atoms with Gasteiger partial charge in [0.15, 0.2) is 5.78 Å². The van der Waals surface area contributed by atoms with Crippen molar-refractivity contribution in [2.75, 3.05) is 31.2 Å². The second kappa shape index (κ2) is 11.9. The van der Waals surface area contributed by atoms with E-state index in [9.17, 15) is 14.7 Å². The zero-order valence-corrected chi connectivity index (χ0v) is 18.7. The molecule has 0 spiro atoms. The Morgan fingerprint density at radius 1 is 1.20 bits per heavy atom. The summed E-state index contributed by atoms with van der Waals surface area (Å²) in [6, 6.07) is 3.51. The van der Waals surface area contributed by atoms with Crippen LogP contribution in [0.15, 0.2) is 12.1 Å². The van der Waals surface area contributed by atoms with Crippen LogP contribution < -0.4 is 19.7 Å². The van der Waals surface area contributed by atoms with Crippen molar-refractivity contribution in [2.45, 2.75) is 71.9 Å². The van der Waals surface area contributed by atoms with Crippen molar-refractivity contribution >= 4 is 17.4 Å². The number of hydrogen-bond acceptors (Lipinski definition) is 6. The van der Waals surface area contributed by atoms with Crippen LogP contribution in [0.1, 0.15) is 58.9 Å². The molecule has 30 heavy (non-hydrogen) atoms. The lowest BCUT2D eigenvalue weighted by atomic mass is 9.98. The van der Waals surface area contributed by atoms with E-state index in [0.29, 0.717) is 43.0 Å². The SMILES string of the molecule is CCCCC(=O)COc1ccc(OCC(O)CNCC)c2c1N(C(C)C)C(=O)CC2. The standard InChI is InChI=1S/C23H36N2O5/c1-5-7-8-17(26)14-30-21-11-10-20(29-15-18(27)13-24-6-2)19-9-12-22(28)25(16(3)4)23(19)21/h10-11,16,18,24,27H,5-9,12-15H2,1-4H3. The van der Waals surface area contributed by atoms with Crippen molar-refractivity contribution in [1.29, 1.82) is 0 Å². The van der Waals surface area contributed by atoms with E-state index >= 15 is 0 Å². The summed E-state index contributed by atoms with van der Waals surface area (Å²) < 4.78 is 11.8. The summed E-state index contributed by atoms with van der Waals surface area (Å²) in [6.07, 6.45) is 2.61. The van der Waals surface area contributed by atoms with Gasteiger partial charge in [-0.2, -0.15) is 0 Å². The number of ketones is 1. The van der Waals surface area contributed by atoms with Crippen molar-refractivity contribution < 1.29 is 24.2 Å². The fourth-order valence-corrected chi connectivity index (χ4v) is 3.54. The molecule has 0 aliphatic carbocycles. The second-order valence-corrected chi connectivity index (χ2v) is 7.95. The van der Waals surface area contributed by atoms with Crippen LogP contribution in [0.2, 0.25) is 0 Å². The number of hydrogen-bond donors (Lipinski definition) is 2. The molecular formula is C23H36N2O5. The number of carbonyl (C=O) groups excluding carboxylic acids is 2. The number of rotatable bonds is 13. The largest absolute Gasteiger partial charge is 0.490 e. The molecule has 1 unspecified atom stereocenters. The van der Waals surface area contributed by atoms with Gasteiger partial charge in [0.05, 0.1) is 5.69 Å². The second-order valence-electron chi connectivity index (χ2n) is 7.95. The smallest absolute Gasteiger partial charge is 0.227 e. The molecule has 1 aromatic rings. The maximum atomic E-state index is 12.6. The third kappa shape index (κ3) is 6.44. The van der Waals surface area contributed by atoms with Gasteiger partial charge in [-0.25, -0.2) is 0 Å². The third-order valence-electron chi connectivity index (χ3n) is 5.08. The van der Waals surface area contributed by atoms with Gasteiger partial charge in [0.1, 0.15) is 30.8 Å². The lowest BCUT2D eigenvalue weighted by Gasteiger charge is -2.35. The molecule has 1 heterocycles. The van der Waals surface area contributed by atoms with Crippen molar-refractivity contribution in [3.8, 4) is 11.5 Å². The number of ether oxygens (including phenoxy) is 2. The van der Waals surface area contributed by atoms with Crippen LogP contribution >= 0.6 is 0 Å². The highest BCUT2D eigenvalue weighted by molar-refractivity contribution is 5.99. The average Bonchev–Trinajstić information content (AvgIpc) is 2.72. The number of aliphatic hydroxyl groups excluding tert-OH is 1. The van der Waals surface area contributed by atoms with Gasteiger partial charge in [-0.3, -0.25) is 9.59 Å². The fourth-order valence-electron chi connectivity index (χ4n) is 3.54. The summed E-state index contributed by atoms with van der Waals surface area (Å²) in [7, 11) is 0. The number of carbonyl (C=O) groups is 2. The number of amides is 1. The summed E-state index contributed by atoms with van der Waals surface area (Å²) in [5.41, 5.74) is 1.57. The molecule has 0 radical (unpaired) electrons. The first-order chi connectivity index (χ1) is 14.4. The lowest BCUT2D eigenvalue weighted by molar-refractivity contribution is -0.121. The summed E-state index contributed by atoms with van der Waals surface area (Å²) in [5, 5.41) is 13.2. The van der Waals surface area contributed by atoms with Crippen LogP contribution in [0.5, 0.6) is 11.5 Å². The lowest BCUT2D eigenvalue weighted by Crippen LogP contribution is -2.41. The third-order valence-corrected chi connectivity index (χ3v) is 5.08. The molecule has 168 valence electrons. The molecule has 0 saturated carbocycles. The van der Waals surface area contributed by atoms with Gasteiger partial charge in [-0.05, 0) is 45.4 Å². The van der Waals surface area contributed by atoms with Gasteiger partial charge in [-0.15, -0.1) is 0 Å². The molecule has 2 rings (SSSR count). The van der Waals surface area contributed by atoms with Crippen LogP contribution in [-0.2, 0) is 16.0 Å². The molecule has 7 heteroatoms. The highest BCUT2D eigenvalue weighted by Gasteiger charge is 2.32. The van der Waals surface area contributed by atoms with Crippen molar-refractivity contribution in [1.82, 2.24) is 5.32 Å². The number of fused-ring (bicyclic) bond motifs is 1. The maximum absolute atomic E-state index is 12.6. The van der Waals surface area contributed by atoms with E-state index in [1.165, 1.54) is 0 Å². The van der Waals surface area contributed by atoms with E-state index in [0.717, 1.165) is 24.9 Å². The van der Waals surface area contributed by atoms with E-state index in [2.05, 4.69) is 5.32 Å². The minimum atomic E-state index is -0.626. The monoisotopic (exact) mass is 420 g/mol. The zero-order valence-electron chi connectivity index (χ0n) is 18.7. The van der Waals surface area contributed by atoms with Gasteiger partial charge < -0.3 is 24.8 Å². The summed E-state index contributed by atoms with van der Waals surface area (Å²) >= 11 is 0. The van der Waals surface area contributed by atoms with Crippen LogP contribution in [-0.4, -0.2) is 55.2 Å². The summed E-state index contributed by atoms with van der Waals surface area (Å²) in [4.78, 5) is 26.5. The number of nitrogens with zero attached hydrogens (tertiary/aromatic N) is 1. The number of nitrogens with one attached hydrogen (secondary N) is 1. The van der Waals surface area contributed by atoms with E-state index in [4.69, 9.17) is 9.47 Å². The first-order valence-corrected chi connectivity index (χ1v) is 11.0. The van der Waals surface area contributed by atoms with Gasteiger partial charge in [0.25, 0.3) is 0 Å². The van der Waals surface area contributed by atoms with Gasteiger partial charge >= 0.3 is 0 Å². The Morgan fingerprint density at radius 3 is 2.60 bits per heavy atom. The van der Waals surface area contributed by atoms with Crippen molar-refractivity contribution in [3.63, 3.8) is 0 Å². The first kappa shape index (κ1) is 24.2. The average molecular weight is 421 g/mol. The Bertz CT molecular complexity index is 720. The predicted octanol–water partition coefficient (Wildman–Crippen LogP) is 2.86. The number of likely N-dealkylation sites (N-methyl/N-ethyl adjacent to an activating group) is 1. The molecule has 1 aliphatic rings. The van der Waals surface area contributed by atoms with Crippen molar-refractivity contribution in [3.05, 3.63) is 17.7 Å². The molecule has 7 nitrogen and oxygen atoms in total. The fraction of sp³-hybridized carbons (Fsp3) is 0.652. The Morgan fingerprint density at radius 2 is 1.93 bits per heavy atom. The van der Waals surface area contributed by atoms with E-state index in [1.54, 1.807) is 17.0 Å². The van der Waals surface area contributed by atoms with Gasteiger partial charge in [0.2, 0.25) is 5.91 Å². The first-order valence-electron chi connectivity index (χ1n) is 11.0. The quantitative estimate of drug-likeness (QED) is 0.510. The molecule has 0 bridgehead atoms. The van der Waals surface area contributed by atoms with Crippen LogP contribution in [0, 0.1) is 0 Å². The number of Topliss-reactive ketones (excluding diaryl/α,β-unsaturated/α-hetero) is 1. The molecule has 1 amide bonds. The Hall–Kier alpha value is -2.12. The molecule has 1 atom stereocenters. The predicted molar refractivity (Wildman–Crippen MR) is 117 cm³/mol. The minimum absolute atomic E-state index is 0.00578. The van der Waals surface area contributed by atoms with E-state index in [-0.39, 0.29) is 30.9 Å².